The van der Waals surface area contributed by atoms with Crippen molar-refractivity contribution in [1.29, 1.82) is 0 Å². The SMILES string of the molecule is O=C(NC[C@@]1(O)CCSC1)N[C@H](Cc1ccccc1)C1CC1. The first-order chi connectivity index (χ1) is 10.6. The molecule has 1 saturated heterocycles. The van der Waals surface area contributed by atoms with Crippen LogP contribution in [0.1, 0.15) is 24.8 Å². The first-order valence-electron chi connectivity index (χ1n) is 8.03. The van der Waals surface area contributed by atoms with Crippen molar-refractivity contribution in [2.45, 2.75) is 37.3 Å². The maximum atomic E-state index is 12.1. The molecule has 4 nitrogen and oxygen atoms in total. The zero-order chi connectivity index (χ0) is 15.4. The van der Waals surface area contributed by atoms with Crippen LogP contribution in [0.4, 0.5) is 4.79 Å². The third-order valence-corrected chi connectivity index (χ3v) is 5.70. The molecule has 0 unspecified atom stereocenters. The van der Waals surface area contributed by atoms with Gasteiger partial charge in [0.05, 0.1) is 5.60 Å². The van der Waals surface area contributed by atoms with Gasteiger partial charge in [-0.05, 0) is 42.9 Å². The third kappa shape index (κ3) is 4.40. The van der Waals surface area contributed by atoms with Gasteiger partial charge in [-0.15, -0.1) is 0 Å². The molecule has 0 bridgehead atoms. The van der Waals surface area contributed by atoms with Crippen LogP contribution in [0.15, 0.2) is 30.3 Å². The highest BCUT2D eigenvalue weighted by molar-refractivity contribution is 7.99. The van der Waals surface area contributed by atoms with Crippen molar-refractivity contribution in [3.8, 4) is 0 Å². The zero-order valence-electron chi connectivity index (χ0n) is 12.8. The minimum Gasteiger partial charge on any atom is -0.387 e. The summed E-state index contributed by atoms with van der Waals surface area (Å²) in [5.41, 5.74) is 0.529. The first kappa shape index (κ1) is 15.7. The van der Waals surface area contributed by atoms with Crippen molar-refractivity contribution in [3.63, 3.8) is 0 Å². The summed E-state index contributed by atoms with van der Waals surface area (Å²) in [5.74, 6) is 2.28. The van der Waals surface area contributed by atoms with Crippen LogP contribution in [0.5, 0.6) is 0 Å². The molecule has 3 rings (SSSR count). The Balaban J connectivity index is 1.49. The van der Waals surface area contributed by atoms with Gasteiger partial charge in [0, 0.05) is 18.3 Å². The van der Waals surface area contributed by atoms with Crippen LogP contribution in [0.3, 0.4) is 0 Å². The first-order valence-corrected chi connectivity index (χ1v) is 9.18. The number of thioether (sulfide) groups is 1. The summed E-state index contributed by atoms with van der Waals surface area (Å²) < 4.78 is 0. The molecule has 2 fully saturated rings. The summed E-state index contributed by atoms with van der Waals surface area (Å²) in [6, 6.07) is 10.3. The Hall–Kier alpha value is -1.20. The molecule has 0 radical (unpaired) electrons. The number of rotatable bonds is 6. The molecule has 1 aromatic rings. The number of carbonyl (C=O) groups excluding carboxylic acids is 1. The van der Waals surface area contributed by atoms with E-state index in [4.69, 9.17) is 0 Å². The number of hydrogen-bond acceptors (Lipinski definition) is 3. The lowest BCUT2D eigenvalue weighted by Gasteiger charge is -2.24. The fourth-order valence-corrected chi connectivity index (χ4v) is 4.20. The smallest absolute Gasteiger partial charge is 0.315 e. The number of hydrogen-bond donors (Lipinski definition) is 3. The van der Waals surface area contributed by atoms with Crippen LogP contribution in [0.2, 0.25) is 0 Å². The summed E-state index contributed by atoms with van der Waals surface area (Å²) in [5, 5.41) is 16.2. The van der Waals surface area contributed by atoms with E-state index in [0.29, 0.717) is 18.2 Å². The summed E-state index contributed by atoms with van der Waals surface area (Å²) in [6.07, 6.45) is 4.02. The summed E-state index contributed by atoms with van der Waals surface area (Å²) >= 11 is 1.74. The maximum Gasteiger partial charge on any atom is 0.315 e. The Labute approximate surface area is 136 Å². The molecule has 3 N–H and O–H groups in total. The Kier molecular flexibility index (Phi) is 4.93. The van der Waals surface area contributed by atoms with Gasteiger partial charge in [-0.3, -0.25) is 0 Å². The molecule has 2 aliphatic rings. The minimum absolute atomic E-state index is 0.154. The van der Waals surface area contributed by atoms with Crippen LogP contribution < -0.4 is 10.6 Å². The Morgan fingerprint density at radius 1 is 1.36 bits per heavy atom. The number of carbonyl (C=O) groups is 1. The lowest BCUT2D eigenvalue weighted by Crippen LogP contribution is -2.49. The second-order valence-electron chi connectivity index (χ2n) is 6.49. The maximum absolute atomic E-state index is 12.1. The van der Waals surface area contributed by atoms with E-state index in [9.17, 15) is 9.90 Å². The lowest BCUT2D eigenvalue weighted by atomic mass is 10.0. The molecule has 2 amide bonds. The highest BCUT2D eigenvalue weighted by Crippen LogP contribution is 2.34. The van der Waals surface area contributed by atoms with E-state index in [1.807, 2.05) is 18.2 Å². The average molecular weight is 320 g/mol. The standard InChI is InChI=1S/C17H24N2O2S/c20-16(18-11-17(21)8-9-22-12-17)19-15(14-6-7-14)10-13-4-2-1-3-5-13/h1-5,14-15,21H,6-12H2,(H2,18,19,20)/t15-,17+/m1/s1. The van der Waals surface area contributed by atoms with E-state index in [-0.39, 0.29) is 12.1 Å². The van der Waals surface area contributed by atoms with Gasteiger partial charge in [-0.1, -0.05) is 30.3 Å². The third-order valence-electron chi connectivity index (χ3n) is 4.47. The average Bonchev–Trinajstić information content (AvgIpc) is 3.28. The molecule has 120 valence electrons. The van der Waals surface area contributed by atoms with Gasteiger partial charge in [0.25, 0.3) is 0 Å². The van der Waals surface area contributed by atoms with E-state index in [1.165, 1.54) is 18.4 Å². The number of amides is 2. The van der Waals surface area contributed by atoms with Crippen molar-refractivity contribution in [2.24, 2.45) is 5.92 Å². The fraction of sp³-hybridized carbons (Fsp3) is 0.588. The van der Waals surface area contributed by atoms with Crippen LogP contribution in [0, 0.1) is 5.92 Å². The second-order valence-corrected chi connectivity index (χ2v) is 7.59. The zero-order valence-corrected chi connectivity index (χ0v) is 13.6. The molecule has 0 aromatic heterocycles. The number of benzene rings is 1. The highest BCUT2D eigenvalue weighted by Gasteiger charge is 2.34. The van der Waals surface area contributed by atoms with E-state index >= 15 is 0 Å². The molecule has 1 heterocycles. The normalized spacial score (nSPS) is 25.7. The van der Waals surface area contributed by atoms with E-state index < -0.39 is 5.60 Å². The molecule has 22 heavy (non-hydrogen) atoms. The largest absolute Gasteiger partial charge is 0.387 e. The molecule has 5 heteroatoms. The second kappa shape index (κ2) is 6.92. The Morgan fingerprint density at radius 2 is 2.14 bits per heavy atom. The number of urea groups is 1. The van der Waals surface area contributed by atoms with Gasteiger partial charge in [0.15, 0.2) is 0 Å². The molecule has 2 atom stereocenters. The van der Waals surface area contributed by atoms with E-state index in [0.717, 1.165) is 18.6 Å². The van der Waals surface area contributed by atoms with Gasteiger partial charge in [-0.2, -0.15) is 11.8 Å². The van der Waals surface area contributed by atoms with Crippen LogP contribution in [-0.4, -0.2) is 40.8 Å². The molecular weight excluding hydrogens is 296 g/mol. The molecule has 1 aliphatic carbocycles. The van der Waals surface area contributed by atoms with Crippen LogP contribution in [-0.2, 0) is 6.42 Å². The Morgan fingerprint density at radius 3 is 2.77 bits per heavy atom. The van der Waals surface area contributed by atoms with Crippen molar-refractivity contribution in [1.82, 2.24) is 10.6 Å². The van der Waals surface area contributed by atoms with Gasteiger partial charge < -0.3 is 15.7 Å². The van der Waals surface area contributed by atoms with Gasteiger partial charge in [-0.25, -0.2) is 4.79 Å². The lowest BCUT2D eigenvalue weighted by molar-refractivity contribution is 0.0698. The quantitative estimate of drug-likeness (QED) is 0.753. The van der Waals surface area contributed by atoms with Gasteiger partial charge in [0.1, 0.15) is 0 Å². The molecule has 1 saturated carbocycles. The summed E-state index contributed by atoms with van der Waals surface area (Å²) in [6.45, 7) is 0.342. The number of nitrogens with one attached hydrogen (secondary N) is 2. The Bertz CT molecular complexity index is 499. The van der Waals surface area contributed by atoms with Crippen molar-refractivity contribution in [3.05, 3.63) is 35.9 Å². The summed E-state index contributed by atoms with van der Waals surface area (Å²) in [4.78, 5) is 12.1. The van der Waals surface area contributed by atoms with Crippen molar-refractivity contribution >= 4 is 17.8 Å². The van der Waals surface area contributed by atoms with Crippen molar-refractivity contribution in [2.75, 3.05) is 18.1 Å². The minimum atomic E-state index is -0.726. The molecule has 1 aromatic carbocycles. The molecular formula is C17H24N2O2S. The van der Waals surface area contributed by atoms with E-state index in [2.05, 4.69) is 22.8 Å². The van der Waals surface area contributed by atoms with Gasteiger partial charge >= 0.3 is 6.03 Å². The highest BCUT2D eigenvalue weighted by atomic mass is 32.2. The van der Waals surface area contributed by atoms with Crippen LogP contribution >= 0.6 is 11.8 Å². The molecule has 0 spiro atoms. The van der Waals surface area contributed by atoms with Crippen LogP contribution in [0.25, 0.3) is 0 Å². The predicted molar refractivity (Wildman–Crippen MR) is 90.1 cm³/mol. The monoisotopic (exact) mass is 320 g/mol. The van der Waals surface area contributed by atoms with E-state index in [1.54, 1.807) is 11.8 Å². The van der Waals surface area contributed by atoms with Crippen molar-refractivity contribution < 1.29 is 9.90 Å². The number of aliphatic hydroxyl groups is 1. The van der Waals surface area contributed by atoms with Gasteiger partial charge in [0.2, 0.25) is 0 Å². The molecule has 1 aliphatic heterocycles. The fourth-order valence-electron chi connectivity index (χ4n) is 2.90. The summed E-state index contributed by atoms with van der Waals surface area (Å²) in [7, 11) is 0. The topological polar surface area (TPSA) is 61.4 Å². The predicted octanol–water partition coefficient (Wildman–Crippen LogP) is 2.17.